The highest BCUT2D eigenvalue weighted by atomic mass is 32.2. The molecule has 0 fully saturated rings. The third-order valence-electron chi connectivity index (χ3n) is 5.72. The van der Waals surface area contributed by atoms with Crippen LogP contribution in [0.1, 0.15) is 0 Å². The van der Waals surface area contributed by atoms with Crippen LogP contribution in [0.2, 0.25) is 0 Å². The molecular weight excluding hydrogens is 402 g/mol. The summed E-state index contributed by atoms with van der Waals surface area (Å²) in [5.41, 5.74) is 7.30. The maximum atomic E-state index is 12.3. The van der Waals surface area contributed by atoms with Gasteiger partial charge in [0.2, 0.25) is 5.78 Å². The molecular formula is C26H19N3OS. The summed E-state index contributed by atoms with van der Waals surface area (Å²) in [7, 11) is -1.07. The molecule has 6 aromatic rings. The molecule has 5 heteroatoms. The van der Waals surface area contributed by atoms with Crippen molar-refractivity contribution >= 4 is 38.6 Å². The van der Waals surface area contributed by atoms with Gasteiger partial charge in [0.15, 0.2) is 0 Å². The summed E-state index contributed by atoms with van der Waals surface area (Å²) in [6.45, 7) is 0. The van der Waals surface area contributed by atoms with E-state index in [0.717, 1.165) is 49.6 Å². The lowest BCUT2D eigenvalue weighted by Gasteiger charge is -2.09. The summed E-state index contributed by atoms with van der Waals surface area (Å²) < 4.78 is 16.7. The second-order valence-corrected chi connectivity index (χ2v) is 8.91. The van der Waals surface area contributed by atoms with Crippen molar-refractivity contribution in [3.8, 4) is 16.8 Å². The fourth-order valence-corrected chi connectivity index (χ4v) is 5.12. The van der Waals surface area contributed by atoms with Gasteiger partial charge in [-0.1, -0.05) is 54.6 Å². The Balaban J connectivity index is 1.74. The maximum absolute atomic E-state index is 12.3. The zero-order chi connectivity index (χ0) is 20.9. The fraction of sp³-hybridized carbons (Fsp3) is 0.0385. The number of hydrogen-bond acceptors (Lipinski definition) is 2. The Morgan fingerprint density at radius 3 is 2.32 bits per heavy atom. The van der Waals surface area contributed by atoms with Crippen LogP contribution in [0.4, 0.5) is 0 Å². The van der Waals surface area contributed by atoms with Gasteiger partial charge in [0, 0.05) is 16.8 Å². The minimum atomic E-state index is -1.07. The first-order valence-corrected chi connectivity index (χ1v) is 11.7. The molecule has 0 aliphatic carbocycles. The van der Waals surface area contributed by atoms with Gasteiger partial charge in [-0.25, -0.2) is 4.98 Å². The molecule has 2 aromatic heterocycles. The number of aromatic nitrogens is 3. The van der Waals surface area contributed by atoms with E-state index < -0.39 is 10.8 Å². The van der Waals surface area contributed by atoms with E-state index in [-0.39, 0.29) is 0 Å². The minimum absolute atomic E-state index is 0.844. The molecule has 4 nitrogen and oxygen atoms in total. The van der Waals surface area contributed by atoms with Gasteiger partial charge in [-0.2, -0.15) is 0 Å². The first-order valence-electron chi connectivity index (χ1n) is 10.1. The standard InChI is InChI=1S/C26H19N3OS/c1-31(30)25-14-8-5-11-20(25)18-15-16-23-24(17-18)29-22-13-7-6-12-21(22)27-26(29)28(23)19-9-3-2-4-10-19/h2-17H,1H3. The quantitative estimate of drug-likeness (QED) is 0.360. The van der Waals surface area contributed by atoms with Gasteiger partial charge in [-0.3, -0.25) is 13.2 Å². The Bertz CT molecular complexity index is 1610. The Morgan fingerprint density at radius 1 is 0.742 bits per heavy atom. The number of para-hydroxylation sites is 3. The third kappa shape index (κ3) is 2.74. The van der Waals surface area contributed by atoms with Gasteiger partial charge < -0.3 is 0 Å². The lowest BCUT2D eigenvalue weighted by atomic mass is 10.0. The molecule has 0 radical (unpaired) electrons. The Morgan fingerprint density at radius 2 is 1.48 bits per heavy atom. The van der Waals surface area contributed by atoms with Crippen LogP contribution in [0.15, 0.2) is 102 Å². The average molecular weight is 422 g/mol. The summed E-state index contributed by atoms with van der Waals surface area (Å²) in [6.07, 6.45) is 1.73. The number of rotatable bonds is 3. The molecule has 0 aliphatic rings. The molecule has 1 atom stereocenters. The van der Waals surface area contributed by atoms with Gasteiger partial charge >= 0.3 is 0 Å². The predicted molar refractivity (Wildman–Crippen MR) is 127 cm³/mol. The number of imidazole rings is 2. The van der Waals surface area contributed by atoms with Crippen molar-refractivity contribution in [2.75, 3.05) is 6.26 Å². The molecule has 0 saturated heterocycles. The van der Waals surface area contributed by atoms with E-state index in [9.17, 15) is 4.21 Å². The SMILES string of the molecule is CS(=O)c1ccccc1-c1ccc2c(c1)n1c3ccccc3nc1n2-c1ccccc1. The van der Waals surface area contributed by atoms with Crippen LogP contribution >= 0.6 is 0 Å². The Kier molecular flexibility index (Phi) is 4.04. The van der Waals surface area contributed by atoms with Crippen molar-refractivity contribution in [3.05, 3.63) is 97.1 Å². The Hall–Kier alpha value is -3.70. The number of hydrogen-bond donors (Lipinski definition) is 0. The second kappa shape index (κ2) is 6.93. The van der Waals surface area contributed by atoms with Crippen LogP contribution in [0, 0.1) is 0 Å². The number of nitrogens with zero attached hydrogens (tertiary/aromatic N) is 3. The van der Waals surface area contributed by atoms with Crippen LogP contribution < -0.4 is 0 Å². The van der Waals surface area contributed by atoms with Crippen molar-refractivity contribution in [2.24, 2.45) is 0 Å². The summed E-state index contributed by atoms with van der Waals surface area (Å²) in [6, 6.07) is 32.8. The lowest BCUT2D eigenvalue weighted by Crippen LogP contribution is -1.94. The molecule has 150 valence electrons. The van der Waals surface area contributed by atoms with E-state index >= 15 is 0 Å². The van der Waals surface area contributed by atoms with E-state index in [2.05, 4.69) is 45.4 Å². The van der Waals surface area contributed by atoms with Gasteiger partial charge in [-0.05, 0) is 53.6 Å². The van der Waals surface area contributed by atoms with Gasteiger partial charge in [-0.15, -0.1) is 0 Å². The van der Waals surface area contributed by atoms with Crippen LogP contribution in [0.3, 0.4) is 0 Å². The molecule has 31 heavy (non-hydrogen) atoms. The molecule has 0 saturated carbocycles. The highest BCUT2D eigenvalue weighted by Gasteiger charge is 2.18. The third-order valence-corrected chi connectivity index (χ3v) is 6.70. The topological polar surface area (TPSA) is 39.3 Å². The predicted octanol–water partition coefficient (Wildman–Crippen LogP) is 5.84. The molecule has 2 heterocycles. The molecule has 0 amide bonds. The van der Waals surface area contributed by atoms with Gasteiger partial charge in [0.1, 0.15) is 0 Å². The molecule has 6 rings (SSSR count). The molecule has 1 unspecified atom stereocenters. The summed E-state index contributed by atoms with van der Waals surface area (Å²) in [4.78, 5) is 5.80. The van der Waals surface area contributed by atoms with E-state index in [1.54, 1.807) is 6.26 Å². The van der Waals surface area contributed by atoms with Crippen molar-refractivity contribution in [2.45, 2.75) is 4.90 Å². The minimum Gasteiger partial charge on any atom is -0.278 e. The van der Waals surface area contributed by atoms with Gasteiger partial charge in [0.25, 0.3) is 0 Å². The second-order valence-electron chi connectivity index (χ2n) is 7.56. The Labute approximate surface area is 181 Å². The zero-order valence-corrected chi connectivity index (χ0v) is 17.7. The number of benzene rings is 4. The van der Waals surface area contributed by atoms with E-state index in [1.807, 2.05) is 60.7 Å². The van der Waals surface area contributed by atoms with Gasteiger partial charge in [0.05, 0.1) is 32.9 Å². The first kappa shape index (κ1) is 18.1. The molecule has 0 aliphatic heterocycles. The van der Waals surface area contributed by atoms with Crippen molar-refractivity contribution < 1.29 is 4.21 Å². The summed E-state index contributed by atoms with van der Waals surface area (Å²) >= 11 is 0. The smallest absolute Gasteiger partial charge is 0.220 e. The van der Waals surface area contributed by atoms with Crippen molar-refractivity contribution in [1.29, 1.82) is 0 Å². The summed E-state index contributed by atoms with van der Waals surface area (Å²) in [5.74, 6) is 0.881. The van der Waals surface area contributed by atoms with Crippen LogP contribution in [0.5, 0.6) is 0 Å². The number of fused-ring (bicyclic) bond motifs is 5. The summed E-state index contributed by atoms with van der Waals surface area (Å²) in [5, 5.41) is 0. The monoisotopic (exact) mass is 421 g/mol. The molecule has 0 spiro atoms. The highest BCUT2D eigenvalue weighted by molar-refractivity contribution is 7.84. The largest absolute Gasteiger partial charge is 0.278 e. The maximum Gasteiger partial charge on any atom is 0.220 e. The van der Waals surface area contributed by atoms with E-state index in [4.69, 9.17) is 4.98 Å². The fourth-order valence-electron chi connectivity index (χ4n) is 4.36. The van der Waals surface area contributed by atoms with Crippen LogP contribution in [-0.2, 0) is 10.8 Å². The lowest BCUT2D eigenvalue weighted by molar-refractivity contribution is 0.687. The normalized spacial score (nSPS) is 12.7. The van der Waals surface area contributed by atoms with E-state index in [1.165, 1.54) is 0 Å². The van der Waals surface area contributed by atoms with Crippen molar-refractivity contribution in [3.63, 3.8) is 0 Å². The van der Waals surface area contributed by atoms with Crippen molar-refractivity contribution in [1.82, 2.24) is 14.0 Å². The molecule has 4 aromatic carbocycles. The average Bonchev–Trinajstić information content (AvgIpc) is 3.33. The zero-order valence-electron chi connectivity index (χ0n) is 16.9. The van der Waals surface area contributed by atoms with E-state index in [0.29, 0.717) is 0 Å². The molecule has 0 bridgehead atoms. The first-order chi connectivity index (χ1) is 15.2. The van der Waals surface area contributed by atoms with Crippen LogP contribution in [-0.4, -0.2) is 24.4 Å². The van der Waals surface area contributed by atoms with Crippen LogP contribution in [0.25, 0.3) is 44.7 Å². The highest BCUT2D eigenvalue weighted by Crippen LogP contribution is 2.33. The molecule has 0 N–H and O–H groups in total.